The Hall–Kier alpha value is -1.69. The number of carbonyl (C=O) groups excluding carboxylic acids is 1. The van der Waals surface area contributed by atoms with Crippen molar-refractivity contribution in [1.29, 1.82) is 0 Å². The minimum absolute atomic E-state index is 0.0654. The molecule has 1 heterocycles. The highest BCUT2D eigenvalue weighted by molar-refractivity contribution is 5.90. The first-order chi connectivity index (χ1) is 8.15. The van der Waals surface area contributed by atoms with Crippen LogP contribution >= 0.6 is 0 Å². The van der Waals surface area contributed by atoms with Crippen LogP contribution in [0.3, 0.4) is 0 Å². The highest BCUT2D eigenvalue weighted by Crippen LogP contribution is 2.34. The van der Waals surface area contributed by atoms with E-state index >= 15 is 0 Å². The van der Waals surface area contributed by atoms with Gasteiger partial charge in [-0.15, -0.1) is 10.2 Å². The lowest BCUT2D eigenvalue weighted by Gasteiger charge is -2.40. The third kappa shape index (κ3) is 2.52. The molecule has 0 aliphatic heterocycles. The van der Waals surface area contributed by atoms with Gasteiger partial charge < -0.3 is 15.8 Å². The van der Waals surface area contributed by atoms with Gasteiger partial charge in [-0.3, -0.25) is 4.79 Å². The zero-order valence-electron chi connectivity index (χ0n) is 9.77. The van der Waals surface area contributed by atoms with Crippen molar-refractivity contribution in [3.8, 4) is 0 Å². The second-order valence-electron chi connectivity index (χ2n) is 4.26. The lowest BCUT2D eigenvalue weighted by molar-refractivity contribution is -0.0601. The molecule has 0 saturated heterocycles. The molecule has 1 amide bonds. The Morgan fingerprint density at radius 2 is 2.29 bits per heavy atom. The maximum absolute atomic E-state index is 10.8. The lowest BCUT2D eigenvalue weighted by atomic mass is 9.80. The van der Waals surface area contributed by atoms with Crippen LogP contribution in [-0.4, -0.2) is 35.4 Å². The first-order valence-electron chi connectivity index (χ1n) is 5.58. The molecule has 0 aromatic carbocycles. The maximum atomic E-state index is 10.8. The first kappa shape index (κ1) is 11.8. The summed E-state index contributed by atoms with van der Waals surface area (Å²) in [7, 11) is 1.72. The van der Waals surface area contributed by atoms with Gasteiger partial charge in [-0.25, -0.2) is 0 Å². The number of aromatic nitrogens is 2. The van der Waals surface area contributed by atoms with Crippen molar-refractivity contribution < 1.29 is 9.53 Å². The highest BCUT2D eigenvalue weighted by atomic mass is 16.5. The molecule has 1 aromatic heterocycles. The summed E-state index contributed by atoms with van der Waals surface area (Å²) in [5.74, 6) is 0.0507. The minimum Gasteiger partial charge on any atom is -0.376 e. The highest BCUT2D eigenvalue weighted by Gasteiger charge is 2.36. The molecule has 1 saturated carbocycles. The fourth-order valence-electron chi connectivity index (χ4n) is 1.83. The number of methoxy groups -OCH3 is 1. The van der Waals surface area contributed by atoms with Gasteiger partial charge >= 0.3 is 0 Å². The molecule has 0 radical (unpaired) electrons. The van der Waals surface area contributed by atoms with Crippen molar-refractivity contribution in [1.82, 2.24) is 10.2 Å². The van der Waals surface area contributed by atoms with Crippen LogP contribution in [0, 0.1) is 0 Å². The summed E-state index contributed by atoms with van der Waals surface area (Å²) in [6.07, 6.45) is 3.31. The normalized spacial score (nSPS) is 17.2. The van der Waals surface area contributed by atoms with E-state index in [0.29, 0.717) is 12.4 Å². The Balaban J connectivity index is 1.93. The van der Waals surface area contributed by atoms with Gasteiger partial charge in [0.1, 0.15) is 5.82 Å². The zero-order valence-corrected chi connectivity index (χ0v) is 9.77. The fraction of sp³-hybridized carbons (Fsp3) is 0.545. The molecule has 0 bridgehead atoms. The number of amides is 1. The molecule has 6 nitrogen and oxygen atoms in total. The summed E-state index contributed by atoms with van der Waals surface area (Å²) in [4.78, 5) is 10.8. The standard InChI is InChI=1S/C11H16N4O2/c1-17-11(5-2-6-11)7-13-9-4-3-8(10(12)16)14-15-9/h3-4H,2,5-7H2,1H3,(H2,12,16)(H,13,15). The number of anilines is 1. The van der Waals surface area contributed by atoms with Crippen molar-refractivity contribution in [2.75, 3.05) is 19.0 Å². The van der Waals surface area contributed by atoms with Gasteiger partial charge in [0.15, 0.2) is 5.69 Å². The summed E-state index contributed by atoms with van der Waals surface area (Å²) >= 11 is 0. The van der Waals surface area contributed by atoms with Crippen molar-refractivity contribution in [2.45, 2.75) is 24.9 Å². The number of ether oxygens (including phenoxy) is 1. The van der Waals surface area contributed by atoms with Crippen LogP contribution in [0.1, 0.15) is 29.8 Å². The summed E-state index contributed by atoms with van der Waals surface area (Å²) in [6.45, 7) is 0.702. The first-order valence-corrected chi connectivity index (χ1v) is 5.58. The van der Waals surface area contributed by atoms with Gasteiger partial charge in [0.05, 0.1) is 5.60 Å². The molecule has 1 aromatic rings. The van der Waals surface area contributed by atoms with Crippen LogP contribution in [0.15, 0.2) is 12.1 Å². The van der Waals surface area contributed by atoms with Gasteiger partial charge in [-0.2, -0.15) is 0 Å². The third-order valence-corrected chi connectivity index (χ3v) is 3.21. The van der Waals surface area contributed by atoms with Gasteiger partial charge in [0, 0.05) is 13.7 Å². The van der Waals surface area contributed by atoms with Gasteiger partial charge in [0.2, 0.25) is 0 Å². The number of rotatable bonds is 5. The Morgan fingerprint density at radius 3 is 2.71 bits per heavy atom. The quantitative estimate of drug-likeness (QED) is 0.779. The van der Waals surface area contributed by atoms with E-state index < -0.39 is 5.91 Å². The largest absolute Gasteiger partial charge is 0.376 e. The van der Waals surface area contributed by atoms with Crippen molar-refractivity contribution >= 4 is 11.7 Å². The number of primary amides is 1. The molecule has 3 N–H and O–H groups in total. The van der Waals surface area contributed by atoms with Crippen LogP contribution in [0.4, 0.5) is 5.82 Å². The zero-order chi connectivity index (χ0) is 12.3. The average Bonchev–Trinajstić information content (AvgIpc) is 2.29. The van der Waals surface area contributed by atoms with Gasteiger partial charge in [0.25, 0.3) is 5.91 Å². The number of hydrogen-bond donors (Lipinski definition) is 2. The van der Waals surface area contributed by atoms with Gasteiger partial charge in [-0.1, -0.05) is 0 Å². The molecular formula is C11H16N4O2. The lowest BCUT2D eigenvalue weighted by Crippen LogP contribution is -2.45. The SMILES string of the molecule is COC1(CNc2ccc(C(N)=O)nn2)CCC1. The van der Waals surface area contributed by atoms with Crippen molar-refractivity contribution in [3.05, 3.63) is 17.8 Å². The van der Waals surface area contributed by atoms with Crippen molar-refractivity contribution in [3.63, 3.8) is 0 Å². The van der Waals surface area contributed by atoms with Gasteiger partial charge in [-0.05, 0) is 31.4 Å². The molecule has 1 aliphatic carbocycles. The molecule has 1 fully saturated rings. The Kier molecular flexibility index (Phi) is 3.23. The molecule has 1 aliphatic rings. The molecule has 6 heteroatoms. The molecule has 2 rings (SSSR count). The molecule has 0 atom stereocenters. The Morgan fingerprint density at radius 1 is 1.53 bits per heavy atom. The average molecular weight is 236 g/mol. The predicted molar refractivity (Wildman–Crippen MR) is 62.6 cm³/mol. The van der Waals surface area contributed by atoms with E-state index in [-0.39, 0.29) is 11.3 Å². The van der Waals surface area contributed by atoms with Crippen LogP contribution in [0.25, 0.3) is 0 Å². The molecule has 92 valence electrons. The topological polar surface area (TPSA) is 90.1 Å². The van der Waals surface area contributed by atoms with E-state index in [2.05, 4.69) is 15.5 Å². The fourth-order valence-corrected chi connectivity index (χ4v) is 1.83. The van der Waals surface area contributed by atoms with E-state index in [1.165, 1.54) is 6.42 Å². The second kappa shape index (κ2) is 4.67. The van der Waals surface area contributed by atoms with E-state index in [0.717, 1.165) is 12.8 Å². The number of hydrogen-bond acceptors (Lipinski definition) is 5. The smallest absolute Gasteiger partial charge is 0.269 e. The van der Waals surface area contributed by atoms with E-state index in [9.17, 15) is 4.79 Å². The summed E-state index contributed by atoms with van der Waals surface area (Å²) < 4.78 is 5.47. The van der Waals surface area contributed by atoms with Crippen LogP contribution in [-0.2, 0) is 4.74 Å². The summed E-state index contributed by atoms with van der Waals surface area (Å²) in [5, 5.41) is 10.8. The molecule has 0 spiro atoms. The van der Waals surface area contributed by atoms with Crippen molar-refractivity contribution in [2.24, 2.45) is 5.73 Å². The summed E-state index contributed by atoms with van der Waals surface area (Å²) in [6, 6.07) is 3.24. The number of carbonyl (C=O) groups is 1. The van der Waals surface area contributed by atoms with Crippen LogP contribution < -0.4 is 11.1 Å². The number of nitrogens with zero attached hydrogens (tertiary/aromatic N) is 2. The van der Waals surface area contributed by atoms with E-state index in [1.54, 1.807) is 19.2 Å². The minimum atomic E-state index is -0.573. The molecule has 17 heavy (non-hydrogen) atoms. The molecular weight excluding hydrogens is 220 g/mol. The maximum Gasteiger partial charge on any atom is 0.269 e. The summed E-state index contributed by atoms with van der Waals surface area (Å²) in [5.41, 5.74) is 5.18. The molecule has 0 unspecified atom stereocenters. The Bertz CT molecular complexity index is 395. The Labute approximate surface area is 99.6 Å². The second-order valence-corrected chi connectivity index (χ2v) is 4.26. The van der Waals surface area contributed by atoms with Crippen LogP contribution in [0.2, 0.25) is 0 Å². The predicted octanol–water partition coefficient (Wildman–Crippen LogP) is 0.556. The van der Waals surface area contributed by atoms with E-state index in [4.69, 9.17) is 10.5 Å². The number of nitrogens with two attached hydrogens (primary N) is 1. The van der Waals surface area contributed by atoms with Crippen LogP contribution in [0.5, 0.6) is 0 Å². The third-order valence-electron chi connectivity index (χ3n) is 3.21. The monoisotopic (exact) mass is 236 g/mol. The van der Waals surface area contributed by atoms with E-state index in [1.807, 2.05) is 0 Å². The number of nitrogens with one attached hydrogen (secondary N) is 1.